The highest BCUT2D eigenvalue weighted by molar-refractivity contribution is 7.10. The standard InChI is InChI=1S/C16H15NO3S/c17-6-1-2-13-5-7-21-16(13)10-18-9-12-3-4-14-15(8-12)20-11-19-14/h3-5,7-8H,6,9-11,17H2. The maximum absolute atomic E-state index is 5.76. The van der Waals surface area contributed by atoms with Gasteiger partial charge in [-0.05, 0) is 29.1 Å². The zero-order valence-electron chi connectivity index (χ0n) is 11.4. The summed E-state index contributed by atoms with van der Waals surface area (Å²) in [5.74, 6) is 7.49. The first-order valence-electron chi connectivity index (χ1n) is 6.58. The Hall–Kier alpha value is -2.00. The van der Waals surface area contributed by atoms with Gasteiger partial charge in [0.2, 0.25) is 6.79 Å². The number of nitrogens with two attached hydrogens (primary N) is 1. The summed E-state index contributed by atoms with van der Waals surface area (Å²) in [6.07, 6.45) is 0. The molecular formula is C16H15NO3S. The van der Waals surface area contributed by atoms with E-state index in [9.17, 15) is 0 Å². The lowest BCUT2D eigenvalue weighted by Crippen LogP contribution is -1.95. The van der Waals surface area contributed by atoms with E-state index in [2.05, 4.69) is 11.8 Å². The number of fused-ring (bicyclic) bond motifs is 1. The fourth-order valence-corrected chi connectivity index (χ4v) is 2.77. The van der Waals surface area contributed by atoms with Crippen molar-refractivity contribution in [2.45, 2.75) is 13.2 Å². The first-order chi connectivity index (χ1) is 10.4. The van der Waals surface area contributed by atoms with E-state index >= 15 is 0 Å². The molecule has 0 amide bonds. The summed E-state index contributed by atoms with van der Waals surface area (Å²) >= 11 is 1.64. The number of rotatable bonds is 4. The Morgan fingerprint density at radius 1 is 1.19 bits per heavy atom. The van der Waals surface area contributed by atoms with Gasteiger partial charge in [0.15, 0.2) is 11.5 Å². The molecular weight excluding hydrogens is 286 g/mol. The third kappa shape index (κ3) is 3.37. The topological polar surface area (TPSA) is 53.7 Å². The molecule has 2 N–H and O–H groups in total. The van der Waals surface area contributed by atoms with Crippen LogP contribution in [0.15, 0.2) is 29.6 Å². The van der Waals surface area contributed by atoms with Gasteiger partial charge in [-0.2, -0.15) is 0 Å². The first-order valence-corrected chi connectivity index (χ1v) is 7.46. The Balaban J connectivity index is 1.58. The summed E-state index contributed by atoms with van der Waals surface area (Å²) in [4.78, 5) is 1.12. The van der Waals surface area contributed by atoms with Crippen LogP contribution in [0.4, 0.5) is 0 Å². The number of ether oxygens (including phenoxy) is 3. The molecule has 4 nitrogen and oxygen atoms in total. The Morgan fingerprint density at radius 2 is 2.10 bits per heavy atom. The second-order valence-corrected chi connectivity index (χ2v) is 5.44. The van der Waals surface area contributed by atoms with E-state index in [1.807, 2.05) is 29.6 Å². The maximum atomic E-state index is 5.76. The summed E-state index contributed by atoms with van der Waals surface area (Å²) in [6.45, 7) is 1.73. The van der Waals surface area contributed by atoms with Crippen LogP contribution in [0.25, 0.3) is 0 Å². The second-order valence-electron chi connectivity index (χ2n) is 4.44. The molecule has 0 bridgehead atoms. The van der Waals surface area contributed by atoms with Crippen molar-refractivity contribution in [1.29, 1.82) is 0 Å². The van der Waals surface area contributed by atoms with Crippen LogP contribution in [0.5, 0.6) is 11.5 Å². The van der Waals surface area contributed by atoms with Crippen LogP contribution in [-0.2, 0) is 18.0 Å². The minimum atomic E-state index is 0.290. The van der Waals surface area contributed by atoms with Crippen molar-refractivity contribution in [3.8, 4) is 23.3 Å². The average molecular weight is 301 g/mol. The van der Waals surface area contributed by atoms with Gasteiger partial charge in [0, 0.05) is 10.4 Å². The van der Waals surface area contributed by atoms with E-state index in [1.165, 1.54) is 0 Å². The molecule has 0 aliphatic carbocycles. The van der Waals surface area contributed by atoms with Gasteiger partial charge in [-0.15, -0.1) is 11.3 Å². The van der Waals surface area contributed by atoms with Gasteiger partial charge in [-0.3, -0.25) is 0 Å². The molecule has 5 heteroatoms. The van der Waals surface area contributed by atoms with Gasteiger partial charge in [0.05, 0.1) is 19.8 Å². The van der Waals surface area contributed by atoms with Crippen molar-refractivity contribution < 1.29 is 14.2 Å². The Morgan fingerprint density at radius 3 is 3.00 bits per heavy atom. The smallest absolute Gasteiger partial charge is 0.231 e. The Labute approximate surface area is 127 Å². The molecule has 0 fully saturated rings. The molecule has 108 valence electrons. The van der Waals surface area contributed by atoms with Gasteiger partial charge >= 0.3 is 0 Å². The fourth-order valence-electron chi connectivity index (χ4n) is 2.00. The summed E-state index contributed by atoms with van der Waals surface area (Å²) < 4.78 is 16.4. The summed E-state index contributed by atoms with van der Waals surface area (Å²) in [7, 11) is 0. The third-order valence-corrected chi connectivity index (χ3v) is 3.90. The molecule has 3 rings (SSSR count). The molecule has 0 radical (unpaired) electrons. The maximum Gasteiger partial charge on any atom is 0.231 e. The minimum Gasteiger partial charge on any atom is -0.454 e. The minimum absolute atomic E-state index is 0.290. The molecule has 1 aliphatic heterocycles. The molecule has 1 aliphatic rings. The highest BCUT2D eigenvalue weighted by atomic mass is 32.1. The molecule has 0 saturated heterocycles. The lowest BCUT2D eigenvalue weighted by atomic mass is 10.2. The molecule has 0 saturated carbocycles. The number of benzene rings is 1. The van der Waals surface area contributed by atoms with Gasteiger partial charge in [0.1, 0.15) is 0 Å². The van der Waals surface area contributed by atoms with Gasteiger partial charge in [-0.25, -0.2) is 0 Å². The van der Waals surface area contributed by atoms with Gasteiger partial charge in [0.25, 0.3) is 0 Å². The Bertz CT molecular complexity index is 684. The van der Waals surface area contributed by atoms with E-state index in [4.69, 9.17) is 19.9 Å². The molecule has 2 aromatic rings. The average Bonchev–Trinajstić information content (AvgIpc) is 3.13. The van der Waals surface area contributed by atoms with Crippen LogP contribution in [0.2, 0.25) is 0 Å². The van der Waals surface area contributed by atoms with Crippen LogP contribution >= 0.6 is 11.3 Å². The van der Waals surface area contributed by atoms with E-state index in [-0.39, 0.29) is 6.79 Å². The largest absolute Gasteiger partial charge is 0.454 e. The summed E-state index contributed by atoms with van der Waals surface area (Å²) in [5.41, 5.74) is 7.45. The molecule has 0 atom stereocenters. The highest BCUT2D eigenvalue weighted by Crippen LogP contribution is 2.32. The summed E-state index contributed by atoms with van der Waals surface area (Å²) in [6, 6.07) is 7.83. The molecule has 1 aromatic heterocycles. The van der Waals surface area contributed by atoms with Crippen molar-refractivity contribution in [2.24, 2.45) is 5.73 Å². The van der Waals surface area contributed by atoms with Crippen LogP contribution in [0, 0.1) is 11.8 Å². The molecule has 1 aromatic carbocycles. The number of thiophene rings is 1. The normalized spacial score (nSPS) is 12.0. The van der Waals surface area contributed by atoms with Crippen molar-refractivity contribution in [2.75, 3.05) is 13.3 Å². The van der Waals surface area contributed by atoms with Crippen LogP contribution in [0.3, 0.4) is 0 Å². The number of hydrogen-bond donors (Lipinski definition) is 1. The monoisotopic (exact) mass is 301 g/mol. The highest BCUT2D eigenvalue weighted by Gasteiger charge is 2.13. The van der Waals surface area contributed by atoms with Crippen LogP contribution < -0.4 is 15.2 Å². The van der Waals surface area contributed by atoms with Crippen LogP contribution in [-0.4, -0.2) is 13.3 Å². The Kier molecular flexibility index (Phi) is 4.41. The van der Waals surface area contributed by atoms with Crippen molar-refractivity contribution >= 4 is 11.3 Å². The predicted molar refractivity (Wildman–Crippen MR) is 81.3 cm³/mol. The first kappa shape index (κ1) is 14.0. The van der Waals surface area contributed by atoms with Crippen molar-refractivity contribution in [3.63, 3.8) is 0 Å². The van der Waals surface area contributed by atoms with E-state index in [0.717, 1.165) is 27.5 Å². The SMILES string of the molecule is NCC#Cc1ccsc1COCc1ccc2c(c1)OCO2. The van der Waals surface area contributed by atoms with Crippen LogP contribution in [0.1, 0.15) is 16.0 Å². The fraction of sp³-hybridized carbons (Fsp3) is 0.250. The second kappa shape index (κ2) is 6.64. The predicted octanol–water partition coefficient (Wildman–Crippen LogP) is 2.50. The zero-order chi connectivity index (χ0) is 14.5. The number of hydrogen-bond acceptors (Lipinski definition) is 5. The summed E-state index contributed by atoms with van der Waals surface area (Å²) in [5, 5.41) is 2.01. The van der Waals surface area contributed by atoms with Gasteiger partial charge < -0.3 is 19.9 Å². The lowest BCUT2D eigenvalue weighted by Gasteiger charge is -2.05. The zero-order valence-corrected chi connectivity index (χ0v) is 12.2. The van der Waals surface area contributed by atoms with E-state index < -0.39 is 0 Å². The van der Waals surface area contributed by atoms with Crippen molar-refractivity contribution in [1.82, 2.24) is 0 Å². The van der Waals surface area contributed by atoms with Crippen molar-refractivity contribution in [3.05, 3.63) is 45.6 Å². The molecule has 0 unspecified atom stereocenters. The molecule has 0 spiro atoms. The molecule has 21 heavy (non-hydrogen) atoms. The van der Waals surface area contributed by atoms with E-state index in [0.29, 0.717) is 19.8 Å². The third-order valence-electron chi connectivity index (χ3n) is 3.01. The van der Waals surface area contributed by atoms with Gasteiger partial charge in [-0.1, -0.05) is 17.9 Å². The molecule has 2 heterocycles. The quantitative estimate of drug-likeness (QED) is 0.882. The lowest BCUT2D eigenvalue weighted by molar-refractivity contribution is 0.109. The van der Waals surface area contributed by atoms with E-state index in [1.54, 1.807) is 11.3 Å².